The molecule has 1 heterocycles. The van der Waals surface area contributed by atoms with Gasteiger partial charge in [-0.3, -0.25) is 10.1 Å². The summed E-state index contributed by atoms with van der Waals surface area (Å²) in [7, 11) is 0. The third-order valence-corrected chi connectivity index (χ3v) is 3.42. The van der Waals surface area contributed by atoms with Crippen LogP contribution in [-0.2, 0) is 4.74 Å². The van der Waals surface area contributed by atoms with Crippen molar-refractivity contribution in [2.24, 2.45) is 0 Å². The molecule has 1 N–H and O–H groups in total. The molecule has 0 bridgehead atoms. The SMILES string of the molecule is C#CCOC(=O)NC(=O)c1c(-c2c(Cl)cccc2Cl)noc1C. The lowest BCUT2D eigenvalue weighted by Crippen LogP contribution is -2.31. The second-order valence-electron chi connectivity index (χ2n) is 4.29. The number of rotatable bonds is 3. The Kier molecular flexibility index (Phi) is 5.27. The number of hydrogen-bond donors (Lipinski definition) is 1. The van der Waals surface area contributed by atoms with E-state index in [1.807, 2.05) is 5.32 Å². The van der Waals surface area contributed by atoms with Gasteiger partial charge in [0.15, 0.2) is 6.61 Å². The lowest BCUT2D eigenvalue weighted by molar-refractivity contribution is 0.0929. The summed E-state index contributed by atoms with van der Waals surface area (Å²) >= 11 is 12.2. The number of carbonyl (C=O) groups is 2. The minimum absolute atomic E-state index is 0.0256. The Bertz CT molecular complexity index is 788. The van der Waals surface area contributed by atoms with Gasteiger partial charge >= 0.3 is 6.09 Å². The molecule has 0 saturated carbocycles. The first-order valence-corrected chi connectivity index (χ1v) is 7.03. The number of hydrogen-bond acceptors (Lipinski definition) is 5. The zero-order chi connectivity index (χ0) is 17.0. The number of nitrogens with one attached hydrogen (secondary N) is 1. The van der Waals surface area contributed by atoms with Gasteiger partial charge in [0.1, 0.15) is 17.0 Å². The predicted octanol–water partition coefficient (Wildman–Crippen LogP) is 3.46. The van der Waals surface area contributed by atoms with Crippen molar-refractivity contribution in [3.05, 3.63) is 39.6 Å². The van der Waals surface area contributed by atoms with Crippen LogP contribution in [0.25, 0.3) is 11.3 Å². The number of terminal acetylenes is 1. The number of ether oxygens (including phenoxy) is 1. The lowest BCUT2D eigenvalue weighted by atomic mass is 10.1. The Morgan fingerprint density at radius 1 is 1.39 bits per heavy atom. The Hall–Kier alpha value is -2.49. The number of benzene rings is 1. The molecule has 0 fully saturated rings. The number of aryl methyl sites for hydroxylation is 1. The number of imide groups is 1. The van der Waals surface area contributed by atoms with Gasteiger partial charge in [-0.2, -0.15) is 0 Å². The fourth-order valence-corrected chi connectivity index (χ4v) is 2.41. The van der Waals surface area contributed by atoms with Crippen LogP contribution in [0, 0.1) is 19.3 Å². The molecule has 23 heavy (non-hydrogen) atoms. The van der Waals surface area contributed by atoms with Crippen molar-refractivity contribution < 1.29 is 18.8 Å². The van der Waals surface area contributed by atoms with Crippen LogP contribution in [0.2, 0.25) is 10.0 Å². The third-order valence-electron chi connectivity index (χ3n) is 2.79. The zero-order valence-corrected chi connectivity index (χ0v) is 13.4. The molecule has 0 atom stereocenters. The van der Waals surface area contributed by atoms with Gasteiger partial charge in [0.2, 0.25) is 0 Å². The topological polar surface area (TPSA) is 81.4 Å². The van der Waals surface area contributed by atoms with Gasteiger partial charge in [0.05, 0.1) is 10.0 Å². The number of nitrogens with zero attached hydrogens (tertiary/aromatic N) is 1. The van der Waals surface area contributed by atoms with E-state index in [4.69, 9.17) is 34.1 Å². The minimum Gasteiger partial charge on any atom is -0.436 e. The van der Waals surface area contributed by atoms with Crippen LogP contribution >= 0.6 is 23.2 Å². The van der Waals surface area contributed by atoms with Crippen molar-refractivity contribution in [1.82, 2.24) is 10.5 Å². The summed E-state index contributed by atoms with van der Waals surface area (Å²) < 4.78 is 9.61. The van der Waals surface area contributed by atoms with E-state index in [0.717, 1.165) is 0 Å². The maximum Gasteiger partial charge on any atom is 0.415 e. The zero-order valence-electron chi connectivity index (χ0n) is 11.9. The molecule has 0 saturated heterocycles. The molecule has 8 heteroatoms. The summed E-state index contributed by atoms with van der Waals surface area (Å²) in [5.74, 6) is 1.54. The van der Waals surface area contributed by atoms with Gasteiger partial charge < -0.3 is 9.26 Å². The average Bonchev–Trinajstić information content (AvgIpc) is 2.86. The average molecular weight is 353 g/mol. The smallest absolute Gasteiger partial charge is 0.415 e. The number of alkyl carbamates (subject to hydrolysis) is 1. The molecule has 0 aliphatic rings. The van der Waals surface area contributed by atoms with Gasteiger partial charge in [-0.25, -0.2) is 4.79 Å². The highest BCUT2D eigenvalue weighted by Gasteiger charge is 2.26. The van der Waals surface area contributed by atoms with Gasteiger partial charge in [-0.05, 0) is 19.1 Å². The highest BCUT2D eigenvalue weighted by Crippen LogP contribution is 2.36. The van der Waals surface area contributed by atoms with E-state index in [9.17, 15) is 9.59 Å². The van der Waals surface area contributed by atoms with Crippen LogP contribution in [0.15, 0.2) is 22.7 Å². The first-order chi connectivity index (χ1) is 11.0. The molecule has 0 unspecified atom stereocenters. The molecule has 0 aliphatic heterocycles. The van der Waals surface area contributed by atoms with Gasteiger partial charge in [-0.15, -0.1) is 6.42 Å². The van der Waals surface area contributed by atoms with E-state index >= 15 is 0 Å². The van der Waals surface area contributed by atoms with E-state index in [-0.39, 0.29) is 33.7 Å². The normalized spacial score (nSPS) is 10.0. The summed E-state index contributed by atoms with van der Waals surface area (Å²) in [6.07, 6.45) is 3.98. The van der Waals surface area contributed by atoms with Crippen LogP contribution in [0.1, 0.15) is 16.1 Å². The summed E-state index contributed by atoms with van der Waals surface area (Å²) in [5.41, 5.74) is 0.479. The van der Waals surface area contributed by atoms with Crippen molar-refractivity contribution in [2.45, 2.75) is 6.92 Å². The highest BCUT2D eigenvalue weighted by atomic mass is 35.5. The van der Waals surface area contributed by atoms with Crippen LogP contribution in [0.3, 0.4) is 0 Å². The second-order valence-corrected chi connectivity index (χ2v) is 5.11. The van der Waals surface area contributed by atoms with E-state index in [1.165, 1.54) is 6.92 Å². The molecule has 6 nitrogen and oxygen atoms in total. The molecule has 1 aromatic heterocycles. The fraction of sp³-hybridized carbons (Fsp3) is 0.133. The van der Waals surface area contributed by atoms with Crippen LogP contribution in [0.5, 0.6) is 0 Å². The van der Waals surface area contributed by atoms with Gasteiger partial charge in [0.25, 0.3) is 5.91 Å². The van der Waals surface area contributed by atoms with Crippen molar-refractivity contribution in [1.29, 1.82) is 0 Å². The van der Waals surface area contributed by atoms with Crippen molar-refractivity contribution in [3.8, 4) is 23.6 Å². The van der Waals surface area contributed by atoms with Crippen molar-refractivity contribution in [2.75, 3.05) is 6.61 Å². The molecule has 2 rings (SSSR count). The summed E-state index contributed by atoms with van der Waals surface area (Å²) in [6.45, 7) is 1.26. The lowest BCUT2D eigenvalue weighted by Gasteiger charge is -2.07. The molecule has 0 radical (unpaired) electrons. The van der Waals surface area contributed by atoms with E-state index in [0.29, 0.717) is 5.56 Å². The summed E-state index contributed by atoms with van der Waals surface area (Å²) in [5, 5.41) is 6.41. The van der Waals surface area contributed by atoms with Crippen molar-refractivity contribution >= 4 is 35.2 Å². The van der Waals surface area contributed by atoms with Crippen LogP contribution < -0.4 is 5.32 Å². The Morgan fingerprint density at radius 2 is 2.04 bits per heavy atom. The molecule has 2 amide bonds. The van der Waals surface area contributed by atoms with Gasteiger partial charge in [0, 0.05) is 5.56 Å². The molecular weight excluding hydrogens is 343 g/mol. The quantitative estimate of drug-likeness (QED) is 0.855. The maximum atomic E-state index is 12.3. The number of halogens is 2. The number of amides is 2. The minimum atomic E-state index is -0.982. The van der Waals surface area contributed by atoms with Crippen molar-refractivity contribution in [3.63, 3.8) is 0 Å². The Labute approximate surface area is 141 Å². The van der Waals surface area contributed by atoms with E-state index in [1.54, 1.807) is 18.2 Å². The van der Waals surface area contributed by atoms with Crippen LogP contribution in [-0.4, -0.2) is 23.8 Å². The third kappa shape index (κ3) is 3.65. The Balaban J connectivity index is 2.38. The molecule has 0 aliphatic carbocycles. The molecular formula is C15H10Cl2N2O4. The number of aromatic nitrogens is 1. The maximum absolute atomic E-state index is 12.3. The molecule has 1 aromatic carbocycles. The summed E-state index contributed by atoms with van der Waals surface area (Å²) in [6, 6.07) is 4.84. The molecule has 2 aromatic rings. The summed E-state index contributed by atoms with van der Waals surface area (Å²) in [4.78, 5) is 23.7. The predicted molar refractivity (Wildman–Crippen MR) is 84.3 cm³/mol. The first kappa shape index (κ1) is 16.9. The van der Waals surface area contributed by atoms with E-state index in [2.05, 4.69) is 15.8 Å². The highest BCUT2D eigenvalue weighted by molar-refractivity contribution is 6.39. The largest absolute Gasteiger partial charge is 0.436 e. The van der Waals surface area contributed by atoms with Crippen LogP contribution in [0.4, 0.5) is 4.79 Å². The first-order valence-electron chi connectivity index (χ1n) is 6.28. The van der Waals surface area contributed by atoms with E-state index < -0.39 is 12.0 Å². The molecule has 0 spiro atoms. The molecule has 118 valence electrons. The monoisotopic (exact) mass is 352 g/mol. The fourth-order valence-electron chi connectivity index (χ4n) is 1.83. The van der Waals surface area contributed by atoms with Gasteiger partial charge in [-0.1, -0.05) is 40.3 Å². The number of carbonyl (C=O) groups excluding carboxylic acids is 2. The Morgan fingerprint density at radius 3 is 2.65 bits per heavy atom. The standard InChI is InChI=1S/C15H10Cl2N2O4/c1-3-7-22-15(21)18-14(20)11-8(2)23-19-13(11)12-9(16)5-4-6-10(12)17/h1,4-6H,7H2,2H3,(H,18,20,21). The second kappa shape index (κ2) is 7.18.